The molecule has 0 aliphatic carbocycles. The van der Waals surface area contributed by atoms with Gasteiger partial charge in [0.15, 0.2) is 0 Å². The van der Waals surface area contributed by atoms with Crippen molar-refractivity contribution in [2.45, 2.75) is 19.4 Å². The van der Waals surface area contributed by atoms with Crippen molar-refractivity contribution in [1.82, 2.24) is 10.2 Å². The third-order valence-electron chi connectivity index (χ3n) is 2.99. The fourth-order valence-corrected chi connectivity index (χ4v) is 2.98. The minimum Gasteiger partial charge on any atom is -0.315 e. The molecule has 1 aromatic rings. The molecule has 0 bridgehead atoms. The molecule has 0 aromatic carbocycles. The van der Waals surface area contributed by atoms with Crippen molar-refractivity contribution in [3.05, 3.63) is 21.3 Å². The topological polar surface area (TPSA) is 15.3 Å². The number of hydrogen-bond acceptors (Lipinski definition) is 3. The van der Waals surface area contributed by atoms with E-state index in [0.717, 1.165) is 24.0 Å². The summed E-state index contributed by atoms with van der Waals surface area (Å²) in [7, 11) is 0. The van der Waals surface area contributed by atoms with Gasteiger partial charge in [-0.2, -0.15) is 0 Å². The van der Waals surface area contributed by atoms with Crippen LogP contribution in [-0.2, 0) is 0 Å². The average molecular weight is 245 g/mol. The van der Waals surface area contributed by atoms with Crippen molar-refractivity contribution in [2.75, 3.05) is 26.2 Å². The monoisotopic (exact) mass is 244 g/mol. The third kappa shape index (κ3) is 2.94. The van der Waals surface area contributed by atoms with Crippen LogP contribution in [0.25, 0.3) is 0 Å². The molecule has 1 aromatic heterocycles. The molecule has 0 radical (unpaired) electrons. The summed E-state index contributed by atoms with van der Waals surface area (Å²) in [6.07, 6.45) is 1.24. The lowest BCUT2D eigenvalue weighted by atomic mass is 10.1. The fraction of sp³-hybridized carbons (Fsp3) is 0.636. The van der Waals surface area contributed by atoms with Crippen molar-refractivity contribution in [3.63, 3.8) is 0 Å². The van der Waals surface area contributed by atoms with Gasteiger partial charge in [0.05, 0.1) is 4.34 Å². The standard InChI is InChI=1S/C11H17ClN2S/c1-9(10-7-11(12)15-8-10)14-5-2-3-13-4-6-14/h7-9,13H,2-6H2,1H3. The zero-order valence-electron chi connectivity index (χ0n) is 9.00. The molecule has 1 unspecified atom stereocenters. The Morgan fingerprint density at radius 2 is 2.33 bits per heavy atom. The quantitative estimate of drug-likeness (QED) is 0.861. The van der Waals surface area contributed by atoms with E-state index >= 15 is 0 Å². The van der Waals surface area contributed by atoms with E-state index in [1.165, 1.54) is 18.5 Å². The molecular formula is C11H17ClN2S. The van der Waals surface area contributed by atoms with Gasteiger partial charge in [0, 0.05) is 19.1 Å². The minimum absolute atomic E-state index is 0.494. The molecule has 1 N–H and O–H groups in total. The molecule has 1 atom stereocenters. The highest BCUT2D eigenvalue weighted by molar-refractivity contribution is 7.14. The lowest BCUT2D eigenvalue weighted by molar-refractivity contribution is 0.226. The number of rotatable bonds is 2. The summed E-state index contributed by atoms with van der Waals surface area (Å²) in [6.45, 7) is 6.83. The molecule has 0 saturated carbocycles. The Kier molecular flexibility index (Phi) is 4.03. The Balaban J connectivity index is 2.02. The second-order valence-corrected chi connectivity index (χ2v) is 5.54. The van der Waals surface area contributed by atoms with Crippen LogP contribution < -0.4 is 5.32 Å². The van der Waals surface area contributed by atoms with Crippen LogP contribution in [0.3, 0.4) is 0 Å². The molecule has 1 aliphatic heterocycles. The van der Waals surface area contributed by atoms with Crippen LogP contribution in [0.5, 0.6) is 0 Å². The Morgan fingerprint density at radius 1 is 1.47 bits per heavy atom. The highest BCUT2D eigenvalue weighted by Gasteiger charge is 2.17. The van der Waals surface area contributed by atoms with Crippen LogP contribution in [0, 0.1) is 0 Å². The number of nitrogens with zero attached hydrogens (tertiary/aromatic N) is 1. The maximum Gasteiger partial charge on any atom is 0.0931 e. The Morgan fingerprint density at radius 3 is 3.07 bits per heavy atom. The zero-order valence-corrected chi connectivity index (χ0v) is 10.6. The molecule has 1 fully saturated rings. The molecule has 2 rings (SSSR count). The van der Waals surface area contributed by atoms with Gasteiger partial charge in [-0.1, -0.05) is 11.6 Å². The van der Waals surface area contributed by atoms with Gasteiger partial charge >= 0.3 is 0 Å². The van der Waals surface area contributed by atoms with Gasteiger partial charge in [0.2, 0.25) is 0 Å². The Hall–Kier alpha value is -0.0900. The number of halogens is 1. The molecule has 84 valence electrons. The largest absolute Gasteiger partial charge is 0.315 e. The molecule has 0 amide bonds. The van der Waals surface area contributed by atoms with Crippen molar-refractivity contribution in [3.8, 4) is 0 Å². The molecule has 2 nitrogen and oxygen atoms in total. The molecule has 0 spiro atoms. The van der Waals surface area contributed by atoms with Gasteiger partial charge in [-0.05, 0) is 43.4 Å². The summed E-state index contributed by atoms with van der Waals surface area (Å²) in [5, 5.41) is 5.60. The summed E-state index contributed by atoms with van der Waals surface area (Å²) >= 11 is 7.59. The van der Waals surface area contributed by atoms with Gasteiger partial charge in [-0.3, -0.25) is 4.90 Å². The first-order valence-corrected chi connectivity index (χ1v) is 6.72. The first-order valence-electron chi connectivity index (χ1n) is 5.46. The van der Waals surface area contributed by atoms with E-state index in [9.17, 15) is 0 Å². The van der Waals surface area contributed by atoms with E-state index in [4.69, 9.17) is 11.6 Å². The van der Waals surface area contributed by atoms with Crippen molar-refractivity contribution < 1.29 is 0 Å². The number of hydrogen-bond donors (Lipinski definition) is 1. The lowest BCUT2D eigenvalue weighted by Crippen LogP contribution is -2.30. The number of nitrogens with one attached hydrogen (secondary N) is 1. The molecule has 4 heteroatoms. The first-order chi connectivity index (χ1) is 7.27. The van der Waals surface area contributed by atoms with Gasteiger partial charge in [0.1, 0.15) is 0 Å². The van der Waals surface area contributed by atoms with Crippen LogP contribution in [-0.4, -0.2) is 31.1 Å². The normalized spacial score (nSPS) is 21.2. The van der Waals surface area contributed by atoms with Gasteiger partial charge in [-0.25, -0.2) is 0 Å². The highest BCUT2D eigenvalue weighted by atomic mass is 35.5. The van der Waals surface area contributed by atoms with Crippen LogP contribution in [0.1, 0.15) is 24.9 Å². The van der Waals surface area contributed by atoms with E-state index in [-0.39, 0.29) is 0 Å². The maximum absolute atomic E-state index is 5.96. The minimum atomic E-state index is 0.494. The predicted octanol–water partition coefficient (Wildman–Crippen LogP) is 2.76. The summed E-state index contributed by atoms with van der Waals surface area (Å²) < 4.78 is 0.893. The summed E-state index contributed by atoms with van der Waals surface area (Å²) in [5.41, 5.74) is 1.35. The van der Waals surface area contributed by atoms with Crippen LogP contribution >= 0.6 is 22.9 Å². The Bertz CT molecular complexity index is 305. The molecule has 1 aliphatic rings. The highest BCUT2D eigenvalue weighted by Crippen LogP contribution is 2.28. The van der Waals surface area contributed by atoms with Gasteiger partial charge in [-0.15, -0.1) is 11.3 Å². The van der Waals surface area contributed by atoms with Crippen LogP contribution in [0.4, 0.5) is 0 Å². The predicted molar refractivity (Wildman–Crippen MR) is 66.8 cm³/mol. The van der Waals surface area contributed by atoms with Crippen LogP contribution in [0.2, 0.25) is 4.34 Å². The first kappa shape index (κ1) is 11.4. The van der Waals surface area contributed by atoms with Crippen molar-refractivity contribution >= 4 is 22.9 Å². The summed E-state index contributed by atoms with van der Waals surface area (Å²) in [6, 6.07) is 2.59. The SMILES string of the molecule is CC(c1csc(Cl)c1)N1CCCNCC1. The molecular weight excluding hydrogens is 228 g/mol. The maximum atomic E-state index is 5.96. The van der Waals surface area contributed by atoms with E-state index in [1.807, 2.05) is 0 Å². The molecule has 2 heterocycles. The Labute approximate surface area is 100 Å². The van der Waals surface area contributed by atoms with E-state index < -0.39 is 0 Å². The van der Waals surface area contributed by atoms with E-state index in [1.54, 1.807) is 11.3 Å². The third-order valence-corrected chi connectivity index (χ3v) is 4.10. The summed E-state index contributed by atoms with van der Waals surface area (Å²) in [5.74, 6) is 0. The number of thiophene rings is 1. The lowest BCUT2D eigenvalue weighted by Gasteiger charge is -2.26. The van der Waals surface area contributed by atoms with Gasteiger partial charge in [0.25, 0.3) is 0 Å². The molecule has 1 saturated heterocycles. The van der Waals surface area contributed by atoms with Gasteiger partial charge < -0.3 is 5.32 Å². The fourth-order valence-electron chi connectivity index (χ4n) is 2.01. The summed E-state index contributed by atoms with van der Waals surface area (Å²) in [4.78, 5) is 2.53. The van der Waals surface area contributed by atoms with Crippen molar-refractivity contribution in [1.29, 1.82) is 0 Å². The zero-order chi connectivity index (χ0) is 10.7. The second kappa shape index (κ2) is 5.30. The smallest absolute Gasteiger partial charge is 0.0931 e. The second-order valence-electron chi connectivity index (χ2n) is 4.00. The average Bonchev–Trinajstić information content (AvgIpc) is 2.53. The van der Waals surface area contributed by atoms with Crippen molar-refractivity contribution in [2.24, 2.45) is 0 Å². The van der Waals surface area contributed by atoms with E-state index in [2.05, 4.69) is 28.6 Å². The van der Waals surface area contributed by atoms with Crippen LogP contribution in [0.15, 0.2) is 11.4 Å². The molecule has 15 heavy (non-hydrogen) atoms. The van der Waals surface area contributed by atoms with E-state index in [0.29, 0.717) is 6.04 Å².